The van der Waals surface area contributed by atoms with Crippen LogP contribution in [0.4, 0.5) is 23.3 Å². The van der Waals surface area contributed by atoms with Crippen LogP contribution in [-0.2, 0) is 32.2 Å². The number of hydrogen-bond acceptors (Lipinski definition) is 19. The number of morpholine rings is 2. The lowest BCUT2D eigenvalue weighted by Gasteiger charge is -2.31. The van der Waals surface area contributed by atoms with Crippen LogP contribution in [0.3, 0.4) is 0 Å². The van der Waals surface area contributed by atoms with Gasteiger partial charge in [0.2, 0.25) is 23.7 Å². The number of ether oxygens (including phenoxy) is 9. The molecule has 4 aromatic heterocycles. The second-order valence-corrected chi connectivity index (χ2v) is 18.4. The summed E-state index contributed by atoms with van der Waals surface area (Å²) in [6.07, 6.45) is 15.3. The van der Waals surface area contributed by atoms with Gasteiger partial charge in [0.05, 0.1) is 95.7 Å². The normalized spacial score (nSPS) is 18.8. The Morgan fingerprint density at radius 3 is 2.04 bits per heavy atom. The molecular weight excluding hydrogens is 980 g/mol. The molecule has 75 heavy (non-hydrogen) atoms. The summed E-state index contributed by atoms with van der Waals surface area (Å²) in [5.74, 6) is 3.28. The molecule has 10 rings (SSSR count). The third-order valence-electron chi connectivity index (χ3n) is 12.7. The van der Waals surface area contributed by atoms with Gasteiger partial charge in [0.1, 0.15) is 37.0 Å². The molecule has 0 radical (unpaired) electrons. The van der Waals surface area contributed by atoms with Gasteiger partial charge < -0.3 is 52.8 Å². The lowest BCUT2D eigenvalue weighted by molar-refractivity contribution is 0.0321. The van der Waals surface area contributed by atoms with Crippen molar-refractivity contribution in [3.05, 3.63) is 126 Å². The smallest absolute Gasteiger partial charge is 0.231 e. The monoisotopic (exact) mass is 1040 g/mol. The number of benzene rings is 2. The zero-order chi connectivity index (χ0) is 51.0. The minimum absolute atomic E-state index is 0.0706. The van der Waals surface area contributed by atoms with Crippen molar-refractivity contribution >= 4 is 34.9 Å². The Balaban J connectivity index is 1.04. The first-order valence-electron chi connectivity index (χ1n) is 25.3. The summed E-state index contributed by atoms with van der Waals surface area (Å²) in [6, 6.07) is 18.8. The molecule has 2 saturated heterocycles. The fourth-order valence-electron chi connectivity index (χ4n) is 8.91. The highest BCUT2D eigenvalue weighted by molar-refractivity contribution is 6.32. The molecule has 0 amide bonds. The first kappa shape index (κ1) is 51.5. The zero-order valence-electron chi connectivity index (χ0n) is 42.0. The van der Waals surface area contributed by atoms with E-state index in [-0.39, 0.29) is 19.8 Å². The minimum Gasteiger partial charge on any atom is -0.493 e. The van der Waals surface area contributed by atoms with Crippen molar-refractivity contribution in [2.24, 2.45) is 0 Å². The molecule has 0 aliphatic carbocycles. The number of hydrogen-bond donors (Lipinski definition) is 1. The summed E-state index contributed by atoms with van der Waals surface area (Å²) in [4.78, 5) is 35.5. The molecule has 2 aromatic carbocycles. The molecule has 0 spiro atoms. The first-order valence-corrected chi connectivity index (χ1v) is 25.7. The molecule has 1 atom stereocenters. The van der Waals surface area contributed by atoms with Gasteiger partial charge in [0.25, 0.3) is 0 Å². The van der Waals surface area contributed by atoms with Crippen molar-refractivity contribution in [1.29, 1.82) is 0 Å². The average Bonchev–Trinajstić information content (AvgIpc) is 3.43. The van der Waals surface area contributed by atoms with Crippen LogP contribution in [0, 0.1) is 0 Å². The molecule has 8 heterocycles. The van der Waals surface area contributed by atoms with Crippen molar-refractivity contribution in [2.75, 3.05) is 123 Å². The second-order valence-electron chi connectivity index (χ2n) is 18.0. The molecule has 392 valence electrons. The van der Waals surface area contributed by atoms with Crippen LogP contribution in [0.25, 0.3) is 22.5 Å². The highest BCUT2D eigenvalue weighted by atomic mass is 35.5. The Morgan fingerprint density at radius 1 is 0.653 bits per heavy atom. The number of pyridine rings is 2. The van der Waals surface area contributed by atoms with Gasteiger partial charge >= 0.3 is 0 Å². The Bertz CT molecular complexity index is 2900. The fourth-order valence-corrected chi connectivity index (χ4v) is 9.11. The van der Waals surface area contributed by atoms with Gasteiger partial charge in [0, 0.05) is 98.4 Å². The third-order valence-corrected chi connectivity index (χ3v) is 13.0. The quantitative estimate of drug-likeness (QED) is 0.131. The molecule has 12 bridgehead atoms. The Kier molecular flexibility index (Phi) is 17.9. The van der Waals surface area contributed by atoms with Crippen LogP contribution < -0.4 is 33.9 Å². The number of fused-ring (bicyclic) bond motifs is 14. The number of anilines is 4. The van der Waals surface area contributed by atoms with E-state index in [4.69, 9.17) is 69.2 Å². The fraction of sp³-hybridized carbons (Fsp3) is 0.382. The summed E-state index contributed by atoms with van der Waals surface area (Å²) >= 11 is 6.84. The summed E-state index contributed by atoms with van der Waals surface area (Å²) < 4.78 is 55.4. The van der Waals surface area contributed by atoms with Gasteiger partial charge in [0.15, 0.2) is 5.75 Å². The van der Waals surface area contributed by atoms with Crippen LogP contribution in [0.15, 0.2) is 110 Å². The van der Waals surface area contributed by atoms with E-state index < -0.39 is 6.04 Å². The average molecular weight is 1040 g/mol. The Labute approximate surface area is 441 Å². The van der Waals surface area contributed by atoms with Gasteiger partial charge in [-0.2, -0.15) is 0 Å². The highest BCUT2D eigenvalue weighted by Gasteiger charge is 2.27. The van der Waals surface area contributed by atoms with E-state index in [2.05, 4.69) is 36.1 Å². The molecule has 0 saturated carbocycles. The molecule has 6 aromatic rings. The molecule has 4 aliphatic heterocycles. The van der Waals surface area contributed by atoms with Crippen LogP contribution in [0.2, 0.25) is 5.02 Å². The van der Waals surface area contributed by atoms with E-state index in [1.807, 2.05) is 83.8 Å². The number of rotatable bonds is 10. The highest BCUT2D eigenvalue weighted by Crippen LogP contribution is 2.37. The van der Waals surface area contributed by atoms with Crippen molar-refractivity contribution in [1.82, 2.24) is 39.7 Å². The van der Waals surface area contributed by atoms with E-state index in [0.717, 1.165) is 80.5 Å². The topological polar surface area (TPSA) is 182 Å². The largest absolute Gasteiger partial charge is 0.493 e. The number of methoxy groups -OCH3 is 1. The molecule has 2 fully saturated rings. The van der Waals surface area contributed by atoms with E-state index in [1.54, 1.807) is 31.9 Å². The minimum atomic E-state index is -0.588. The Morgan fingerprint density at radius 2 is 1.32 bits per heavy atom. The summed E-state index contributed by atoms with van der Waals surface area (Å²) in [5, 5.41) is 3.72. The molecule has 19 nitrogen and oxygen atoms in total. The van der Waals surface area contributed by atoms with E-state index in [1.165, 1.54) is 0 Å². The zero-order valence-corrected chi connectivity index (χ0v) is 42.7. The van der Waals surface area contributed by atoms with Gasteiger partial charge in [-0.3, -0.25) is 9.80 Å². The Hall–Kier alpha value is -6.97. The van der Waals surface area contributed by atoms with Gasteiger partial charge in [-0.25, -0.2) is 29.9 Å². The van der Waals surface area contributed by atoms with Crippen molar-refractivity contribution in [3.8, 4) is 51.5 Å². The number of halogens is 1. The van der Waals surface area contributed by atoms with Gasteiger partial charge in [-0.05, 0) is 53.9 Å². The predicted octanol–water partition coefficient (Wildman–Crippen LogP) is 7.75. The molecular formula is C55H61ClN10O9. The van der Waals surface area contributed by atoms with Crippen molar-refractivity contribution < 1.29 is 42.6 Å². The van der Waals surface area contributed by atoms with E-state index in [0.29, 0.717) is 116 Å². The van der Waals surface area contributed by atoms with E-state index >= 15 is 0 Å². The summed E-state index contributed by atoms with van der Waals surface area (Å²) in [5.41, 5.74) is 5.65. The summed E-state index contributed by atoms with van der Waals surface area (Å²) in [6.45, 7) is 10.5. The maximum absolute atomic E-state index is 6.84. The van der Waals surface area contributed by atoms with Gasteiger partial charge in [-0.1, -0.05) is 35.9 Å². The van der Waals surface area contributed by atoms with Gasteiger partial charge in [-0.15, -0.1) is 0 Å². The van der Waals surface area contributed by atoms with Crippen LogP contribution in [0.5, 0.6) is 29.0 Å². The first-order chi connectivity index (χ1) is 37.0. The number of nitrogens with zero attached hydrogens (tertiary/aromatic N) is 9. The standard InChI is InChI=1S/C55H61ClN10O9/c1-67-49-35-60-55-63-53(49)42-8-10-57-50(31-42)74-19-4-2-3-17-70-37-40-27-45(33-47(29-40)73-25-16-65-13-22-69-23-14-65)66(55)44-6-5-18-71-36-39-26-43(32-46(28-39)72-24-15-64-11-20-68-21-12-64)61-54-59-34-48(56)52(62-54)41-7-9-58-51(30-41)75-38-44/h2-3,5-10,26-35,44H,4,11-25,36-38H2,1H3,(H,59,61,62)/b3-2+,6-5+. The SMILES string of the molecule is COc1cnc2nc1-c1ccnc(c1)OCC/C=C/COCc1cc(OCCN3CCOCC3)cc(c1)N2C1/C=C/COCc2cc(cc(OCCN3CCOCC3)c2)Nc2ncc(Cl)c(n2)-c2ccnc(c2)OC1. The maximum atomic E-state index is 6.84. The molecule has 4 aliphatic rings. The van der Waals surface area contributed by atoms with E-state index in [9.17, 15) is 0 Å². The third kappa shape index (κ3) is 14.3. The maximum Gasteiger partial charge on any atom is 0.231 e. The second kappa shape index (κ2) is 26.0. The summed E-state index contributed by atoms with van der Waals surface area (Å²) in [7, 11) is 1.60. The lowest BCUT2D eigenvalue weighted by atomic mass is 10.1. The van der Waals surface area contributed by atoms with Crippen LogP contribution >= 0.6 is 11.6 Å². The predicted molar refractivity (Wildman–Crippen MR) is 283 cm³/mol. The molecule has 1 unspecified atom stereocenters. The number of aromatic nitrogens is 6. The van der Waals surface area contributed by atoms with Crippen molar-refractivity contribution in [3.63, 3.8) is 0 Å². The molecule has 20 heteroatoms. The van der Waals surface area contributed by atoms with Crippen LogP contribution in [-0.4, -0.2) is 158 Å². The van der Waals surface area contributed by atoms with Crippen molar-refractivity contribution in [2.45, 2.75) is 25.7 Å². The lowest BCUT2D eigenvalue weighted by Crippen LogP contribution is -2.38. The molecule has 1 N–H and O–H groups in total. The van der Waals surface area contributed by atoms with Crippen LogP contribution in [0.1, 0.15) is 17.5 Å². The number of nitrogens with one attached hydrogen (secondary N) is 1.